The first kappa shape index (κ1) is 13.6. The molecular formula is C17H23NO2. The molecule has 2 bridgehead atoms. The fraction of sp³-hybridized carbons (Fsp3) is 0.588. The van der Waals surface area contributed by atoms with Crippen LogP contribution < -0.4 is 0 Å². The minimum atomic E-state index is -0.0807. The van der Waals surface area contributed by atoms with Gasteiger partial charge < -0.3 is 9.64 Å². The van der Waals surface area contributed by atoms with E-state index in [9.17, 15) is 4.79 Å². The average molecular weight is 273 g/mol. The molecule has 0 radical (unpaired) electrons. The number of ether oxygens (including phenoxy) is 1. The highest BCUT2D eigenvalue weighted by Gasteiger charge is 2.39. The molecule has 2 aliphatic heterocycles. The van der Waals surface area contributed by atoms with E-state index in [2.05, 4.69) is 18.9 Å². The smallest absolute Gasteiger partial charge is 0.310 e. The van der Waals surface area contributed by atoms with Gasteiger partial charge in [0.05, 0.1) is 6.42 Å². The summed E-state index contributed by atoms with van der Waals surface area (Å²) in [5.74, 6) is -0.0807. The molecule has 0 aromatic heterocycles. The number of piperidine rings is 1. The van der Waals surface area contributed by atoms with E-state index in [-0.39, 0.29) is 12.1 Å². The highest BCUT2D eigenvalue weighted by Crippen LogP contribution is 2.35. The van der Waals surface area contributed by atoms with Crippen LogP contribution in [0.25, 0.3) is 0 Å². The number of carbonyl (C=O) groups excluding carboxylic acids is 1. The Hall–Kier alpha value is -1.35. The molecule has 3 rings (SSSR count). The topological polar surface area (TPSA) is 29.5 Å². The van der Waals surface area contributed by atoms with E-state index in [1.807, 2.05) is 24.3 Å². The molecule has 0 saturated carbocycles. The van der Waals surface area contributed by atoms with Gasteiger partial charge in [0.2, 0.25) is 0 Å². The SMILES string of the molecule is Cc1ccc(CC(=O)OC2C[C@@H]3CC[C@@H](C2)N3C)cc1. The van der Waals surface area contributed by atoms with Gasteiger partial charge >= 0.3 is 5.97 Å². The highest BCUT2D eigenvalue weighted by molar-refractivity contribution is 5.72. The van der Waals surface area contributed by atoms with E-state index >= 15 is 0 Å². The van der Waals surface area contributed by atoms with Gasteiger partial charge in [0, 0.05) is 12.1 Å². The molecule has 2 heterocycles. The molecule has 2 saturated heterocycles. The Morgan fingerprint density at radius 3 is 2.40 bits per heavy atom. The second kappa shape index (κ2) is 5.57. The van der Waals surface area contributed by atoms with Gasteiger partial charge in [-0.3, -0.25) is 4.79 Å². The molecule has 2 aliphatic rings. The Balaban J connectivity index is 1.53. The monoisotopic (exact) mass is 273 g/mol. The van der Waals surface area contributed by atoms with Crippen molar-refractivity contribution in [2.24, 2.45) is 0 Å². The first-order valence-corrected chi connectivity index (χ1v) is 7.59. The summed E-state index contributed by atoms with van der Waals surface area (Å²) in [6, 6.07) is 9.33. The number of benzene rings is 1. The number of carbonyl (C=O) groups is 1. The summed E-state index contributed by atoms with van der Waals surface area (Å²) in [5.41, 5.74) is 2.26. The second-order valence-electron chi connectivity index (χ2n) is 6.30. The molecule has 0 spiro atoms. The predicted molar refractivity (Wildman–Crippen MR) is 78.6 cm³/mol. The number of hydrogen-bond acceptors (Lipinski definition) is 3. The fourth-order valence-electron chi connectivity index (χ4n) is 3.56. The van der Waals surface area contributed by atoms with Gasteiger partial charge in [-0.05, 0) is 45.2 Å². The van der Waals surface area contributed by atoms with Crippen molar-refractivity contribution in [2.75, 3.05) is 7.05 Å². The van der Waals surface area contributed by atoms with Crippen LogP contribution in [0.1, 0.15) is 36.8 Å². The molecule has 3 nitrogen and oxygen atoms in total. The molecular weight excluding hydrogens is 250 g/mol. The van der Waals surface area contributed by atoms with E-state index in [0.717, 1.165) is 18.4 Å². The van der Waals surface area contributed by atoms with Gasteiger partial charge in [-0.2, -0.15) is 0 Å². The van der Waals surface area contributed by atoms with E-state index in [0.29, 0.717) is 18.5 Å². The van der Waals surface area contributed by atoms with Crippen LogP contribution in [0.3, 0.4) is 0 Å². The zero-order valence-corrected chi connectivity index (χ0v) is 12.3. The maximum atomic E-state index is 12.0. The molecule has 0 N–H and O–H groups in total. The maximum absolute atomic E-state index is 12.0. The Bertz CT molecular complexity index is 468. The van der Waals surface area contributed by atoms with Gasteiger partial charge in [0.15, 0.2) is 0 Å². The minimum Gasteiger partial charge on any atom is -0.462 e. The quantitative estimate of drug-likeness (QED) is 0.793. The number of esters is 1. The second-order valence-corrected chi connectivity index (χ2v) is 6.30. The lowest BCUT2D eigenvalue weighted by Crippen LogP contribution is -2.43. The van der Waals surface area contributed by atoms with Crippen molar-refractivity contribution in [1.29, 1.82) is 0 Å². The van der Waals surface area contributed by atoms with Crippen molar-refractivity contribution in [3.8, 4) is 0 Å². The summed E-state index contributed by atoms with van der Waals surface area (Å²) in [6.07, 6.45) is 5.04. The van der Waals surface area contributed by atoms with Crippen LogP contribution in [0, 0.1) is 6.92 Å². The predicted octanol–water partition coefficient (Wildman–Crippen LogP) is 2.71. The number of hydrogen-bond donors (Lipinski definition) is 0. The summed E-state index contributed by atoms with van der Waals surface area (Å²) in [6.45, 7) is 2.05. The van der Waals surface area contributed by atoms with Gasteiger partial charge in [-0.25, -0.2) is 0 Å². The molecule has 2 fully saturated rings. The number of fused-ring (bicyclic) bond motifs is 2. The van der Waals surface area contributed by atoms with E-state index in [4.69, 9.17) is 4.74 Å². The number of aryl methyl sites for hydroxylation is 1. The van der Waals surface area contributed by atoms with Crippen molar-refractivity contribution in [3.05, 3.63) is 35.4 Å². The summed E-state index contributed by atoms with van der Waals surface area (Å²) in [5, 5.41) is 0. The third-order valence-electron chi connectivity index (χ3n) is 4.82. The Morgan fingerprint density at radius 2 is 1.80 bits per heavy atom. The zero-order valence-electron chi connectivity index (χ0n) is 12.3. The highest BCUT2D eigenvalue weighted by atomic mass is 16.5. The van der Waals surface area contributed by atoms with Crippen molar-refractivity contribution in [1.82, 2.24) is 4.90 Å². The third kappa shape index (κ3) is 2.88. The molecule has 0 aliphatic carbocycles. The van der Waals surface area contributed by atoms with E-state index in [1.54, 1.807) is 0 Å². The molecule has 3 heteroatoms. The third-order valence-corrected chi connectivity index (χ3v) is 4.82. The van der Waals surface area contributed by atoms with Crippen molar-refractivity contribution in [3.63, 3.8) is 0 Å². The standard InChI is InChI=1S/C17H23NO2/c1-12-3-5-13(6-4-12)9-17(19)20-16-10-14-7-8-15(11-16)18(14)2/h3-6,14-16H,7-11H2,1-2H3/t14-,15-/m0/s1. The number of nitrogens with zero attached hydrogens (tertiary/aromatic N) is 1. The molecule has 2 atom stereocenters. The average Bonchev–Trinajstić information content (AvgIpc) is 2.64. The van der Waals surface area contributed by atoms with Gasteiger partial charge in [0.25, 0.3) is 0 Å². The van der Waals surface area contributed by atoms with Gasteiger partial charge in [0.1, 0.15) is 6.10 Å². The normalized spacial score (nSPS) is 29.4. The largest absolute Gasteiger partial charge is 0.462 e. The van der Waals surface area contributed by atoms with Gasteiger partial charge in [-0.15, -0.1) is 0 Å². The lowest BCUT2D eigenvalue weighted by Gasteiger charge is -2.35. The summed E-state index contributed by atoms with van der Waals surface area (Å²) in [7, 11) is 2.20. The Morgan fingerprint density at radius 1 is 1.20 bits per heavy atom. The maximum Gasteiger partial charge on any atom is 0.310 e. The summed E-state index contributed by atoms with van der Waals surface area (Å²) < 4.78 is 5.69. The van der Waals surface area contributed by atoms with Crippen LogP contribution in [-0.4, -0.2) is 36.1 Å². The van der Waals surface area contributed by atoms with Crippen LogP contribution >= 0.6 is 0 Å². The molecule has 108 valence electrons. The minimum absolute atomic E-state index is 0.0807. The first-order valence-electron chi connectivity index (χ1n) is 7.59. The first-order chi connectivity index (χ1) is 9.61. The number of rotatable bonds is 3. The van der Waals surface area contributed by atoms with Crippen LogP contribution in [0.15, 0.2) is 24.3 Å². The van der Waals surface area contributed by atoms with Crippen molar-refractivity contribution < 1.29 is 9.53 Å². The summed E-state index contributed by atoms with van der Waals surface area (Å²) >= 11 is 0. The molecule has 0 unspecified atom stereocenters. The Kier molecular flexibility index (Phi) is 3.79. The van der Waals surface area contributed by atoms with Crippen LogP contribution in [0.4, 0.5) is 0 Å². The molecule has 0 amide bonds. The van der Waals surface area contributed by atoms with E-state index < -0.39 is 0 Å². The van der Waals surface area contributed by atoms with Gasteiger partial charge in [-0.1, -0.05) is 29.8 Å². The van der Waals surface area contributed by atoms with Crippen LogP contribution in [0.2, 0.25) is 0 Å². The zero-order chi connectivity index (χ0) is 14.1. The lowest BCUT2D eigenvalue weighted by atomic mass is 10.0. The molecule has 1 aromatic rings. The van der Waals surface area contributed by atoms with Crippen molar-refractivity contribution in [2.45, 2.75) is 57.2 Å². The Labute approximate surface area is 120 Å². The molecule has 1 aromatic carbocycles. The summed E-state index contributed by atoms with van der Waals surface area (Å²) in [4.78, 5) is 14.5. The van der Waals surface area contributed by atoms with Crippen LogP contribution in [-0.2, 0) is 16.0 Å². The van der Waals surface area contributed by atoms with Crippen LogP contribution in [0.5, 0.6) is 0 Å². The lowest BCUT2D eigenvalue weighted by molar-refractivity contribution is -0.151. The van der Waals surface area contributed by atoms with Crippen molar-refractivity contribution >= 4 is 5.97 Å². The molecule has 20 heavy (non-hydrogen) atoms. The van der Waals surface area contributed by atoms with E-state index in [1.165, 1.54) is 18.4 Å². The fourth-order valence-corrected chi connectivity index (χ4v) is 3.56.